The van der Waals surface area contributed by atoms with Crippen molar-refractivity contribution in [2.45, 2.75) is 13.3 Å². The lowest BCUT2D eigenvalue weighted by atomic mass is 10.1. The zero-order valence-electron chi connectivity index (χ0n) is 8.47. The Hall–Kier alpha value is -1.89. The van der Waals surface area contributed by atoms with E-state index in [0.717, 1.165) is 5.69 Å². The monoisotopic (exact) mass is 201 g/mol. The zero-order chi connectivity index (χ0) is 10.8. The molecule has 1 amide bonds. The van der Waals surface area contributed by atoms with Crippen LogP contribution in [0.5, 0.6) is 0 Å². The third kappa shape index (κ3) is 1.82. The van der Waals surface area contributed by atoms with Gasteiger partial charge in [0.25, 0.3) is 0 Å². The Kier molecular flexibility index (Phi) is 2.38. The molecule has 1 aliphatic heterocycles. The van der Waals surface area contributed by atoms with Crippen molar-refractivity contribution in [1.29, 1.82) is 0 Å². The maximum absolute atomic E-state index is 11.6. The van der Waals surface area contributed by atoms with Crippen LogP contribution in [0.25, 0.3) is 0 Å². The molecule has 2 heterocycles. The van der Waals surface area contributed by atoms with E-state index in [4.69, 9.17) is 6.42 Å². The van der Waals surface area contributed by atoms with Crippen LogP contribution in [0.4, 0.5) is 5.69 Å². The minimum Gasteiger partial charge on any atom is -0.308 e. The number of carbonyl (C=O) groups is 1. The smallest absolute Gasteiger partial charge is 0.228 e. The number of aryl methyl sites for hydroxylation is 1. The van der Waals surface area contributed by atoms with E-state index >= 15 is 0 Å². The summed E-state index contributed by atoms with van der Waals surface area (Å²) < 4.78 is 0. The summed E-state index contributed by atoms with van der Waals surface area (Å²) in [7, 11) is 0. The minimum atomic E-state index is 0.0128. The molecule has 1 aliphatic rings. The van der Waals surface area contributed by atoms with Crippen molar-refractivity contribution in [3.05, 3.63) is 18.2 Å². The number of anilines is 1. The highest BCUT2D eigenvalue weighted by Crippen LogP contribution is 2.23. The fraction of sp³-hybridized carbons (Fsp3) is 0.364. The minimum absolute atomic E-state index is 0.0128. The normalized spacial score (nSPS) is 20.4. The second-order valence-corrected chi connectivity index (χ2v) is 3.56. The topological polar surface area (TPSA) is 46.1 Å². The molecule has 2 rings (SSSR count). The number of hydrogen-bond acceptors (Lipinski definition) is 3. The van der Waals surface area contributed by atoms with Gasteiger partial charge in [0.1, 0.15) is 5.82 Å². The number of carbonyl (C=O) groups excluding carboxylic acids is 1. The Bertz CT molecular complexity index is 418. The first-order chi connectivity index (χ1) is 7.20. The maximum atomic E-state index is 11.6. The van der Waals surface area contributed by atoms with Gasteiger partial charge in [-0.1, -0.05) is 0 Å². The summed E-state index contributed by atoms with van der Waals surface area (Å²) >= 11 is 0. The molecule has 1 unspecified atom stereocenters. The highest BCUT2D eigenvalue weighted by molar-refractivity contribution is 5.95. The number of hydrogen-bond donors (Lipinski definition) is 0. The van der Waals surface area contributed by atoms with E-state index in [-0.39, 0.29) is 11.8 Å². The molecule has 1 aromatic heterocycles. The van der Waals surface area contributed by atoms with E-state index < -0.39 is 0 Å². The number of amides is 1. The van der Waals surface area contributed by atoms with E-state index in [1.54, 1.807) is 24.2 Å². The Balaban J connectivity index is 2.22. The van der Waals surface area contributed by atoms with Crippen molar-refractivity contribution in [3.8, 4) is 12.3 Å². The number of aromatic nitrogens is 2. The van der Waals surface area contributed by atoms with Gasteiger partial charge in [0.15, 0.2) is 0 Å². The van der Waals surface area contributed by atoms with Crippen LogP contribution in [0.1, 0.15) is 12.2 Å². The average molecular weight is 201 g/mol. The van der Waals surface area contributed by atoms with Crippen LogP contribution in [0.2, 0.25) is 0 Å². The lowest BCUT2D eigenvalue weighted by Gasteiger charge is -2.14. The van der Waals surface area contributed by atoms with Gasteiger partial charge in [0, 0.05) is 18.9 Å². The van der Waals surface area contributed by atoms with E-state index in [0.29, 0.717) is 18.8 Å². The van der Waals surface area contributed by atoms with Gasteiger partial charge in [-0.3, -0.25) is 4.79 Å². The van der Waals surface area contributed by atoms with Gasteiger partial charge in [0.2, 0.25) is 5.91 Å². The summed E-state index contributed by atoms with van der Waals surface area (Å²) in [5.41, 5.74) is 0.725. The summed E-state index contributed by atoms with van der Waals surface area (Å²) in [5, 5.41) is 0. The van der Waals surface area contributed by atoms with Crippen molar-refractivity contribution in [3.63, 3.8) is 0 Å². The Morgan fingerprint density at radius 3 is 2.73 bits per heavy atom. The van der Waals surface area contributed by atoms with Crippen molar-refractivity contribution in [2.24, 2.45) is 5.92 Å². The molecule has 4 heteroatoms. The van der Waals surface area contributed by atoms with Crippen LogP contribution >= 0.6 is 0 Å². The molecule has 1 saturated heterocycles. The summed E-state index contributed by atoms with van der Waals surface area (Å²) in [6.45, 7) is 2.38. The lowest BCUT2D eigenvalue weighted by molar-refractivity contribution is -0.117. The van der Waals surface area contributed by atoms with Crippen molar-refractivity contribution >= 4 is 11.6 Å². The molecular formula is C11H11N3O. The first-order valence-corrected chi connectivity index (χ1v) is 4.76. The first kappa shape index (κ1) is 9.66. The SMILES string of the molecule is C#CC1CC(=O)N(c2cnc(C)nc2)C1. The van der Waals surface area contributed by atoms with E-state index in [1.165, 1.54) is 0 Å². The molecule has 0 aliphatic carbocycles. The summed E-state index contributed by atoms with van der Waals surface area (Å²) in [4.78, 5) is 21.4. The molecule has 1 aromatic rings. The molecule has 4 nitrogen and oxygen atoms in total. The van der Waals surface area contributed by atoms with Gasteiger partial charge in [-0.05, 0) is 6.92 Å². The summed E-state index contributed by atoms with van der Waals surface area (Å²) in [6, 6.07) is 0. The van der Waals surface area contributed by atoms with Crippen LogP contribution in [-0.2, 0) is 4.79 Å². The van der Waals surface area contributed by atoms with Crippen molar-refractivity contribution in [1.82, 2.24) is 9.97 Å². The van der Waals surface area contributed by atoms with Crippen molar-refractivity contribution < 1.29 is 4.79 Å². The molecule has 1 fully saturated rings. The van der Waals surface area contributed by atoms with Gasteiger partial charge in [-0.2, -0.15) is 0 Å². The van der Waals surface area contributed by atoms with Gasteiger partial charge >= 0.3 is 0 Å². The predicted octanol–water partition coefficient (Wildman–Crippen LogP) is 0.771. The fourth-order valence-electron chi connectivity index (χ4n) is 1.59. The van der Waals surface area contributed by atoms with Crippen LogP contribution in [0.3, 0.4) is 0 Å². The van der Waals surface area contributed by atoms with Gasteiger partial charge in [0.05, 0.1) is 18.1 Å². The maximum Gasteiger partial charge on any atom is 0.228 e. The molecule has 1 atom stereocenters. The van der Waals surface area contributed by atoms with Gasteiger partial charge in [-0.25, -0.2) is 9.97 Å². The predicted molar refractivity (Wildman–Crippen MR) is 56.1 cm³/mol. The van der Waals surface area contributed by atoms with Crippen molar-refractivity contribution in [2.75, 3.05) is 11.4 Å². The van der Waals surface area contributed by atoms with Gasteiger partial charge in [-0.15, -0.1) is 12.3 Å². The number of rotatable bonds is 1. The van der Waals surface area contributed by atoms with Gasteiger partial charge < -0.3 is 4.90 Å². The molecule has 0 radical (unpaired) electrons. The molecular weight excluding hydrogens is 190 g/mol. The van der Waals surface area contributed by atoms with Crippen LogP contribution in [-0.4, -0.2) is 22.4 Å². The third-order valence-corrected chi connectivity index (χ3v) is 2.44. The summed E-state index contributed by atoms with van der Waals surface area (Å²) in [6.07, 6.45) is 9.03. The zero-order valence-corrected chi connectivity index (χ0v) is 8.47. The quantitative estimate of drug-likeness (QED) is 0.630. The van der Waals surface area contributed by atoms with E-state index in [9.17, 15) is 4.79 Å². The summed E-state index contributed by atoms with van der Waals surface area (Å²) in [5.74, 6) is 3.35. The second-order valence-electron chi connectivity index (χ2n) is 3.56. The second kappa shape index (κ2) is 3.70. The standard InChI is InChI=1S/C11H11N3O/c1-3-9-4-11(15)14(7-9)10-5-12-8(2)13-6-10/h1,5-6,9H,4,7H2,2H3. The van der Waals surface area contributed by atoms with Crippen LogP contribution < -0.4 is 4.90 Å². The Labute approximate surface area is 88.3 Å². The Morgan fingerprint density at radius 2 is 2.20 bits per heavy atom. The third-order valence-electron chi connectivity index (χ3n) is 2.44. The average Bonchev–Trinajstić information content (AvgIpc) is 2.61. The molecule has 0 bridgehead atoms. The first-order valence-electron chi connectivity index (χ1n) is 4.76. The molecule has 15 heavy (non-hydrogen) atoms. The highest BCUT2D eigenvalue weighted by Gasteiger charge is 2.29. The van der Waals surface area contributed by atoms with E-state index in [2.05, 4.69) is 15.9 Å². The Morgan fingerprint density at radius 1 is 1.53 bits per heavy atom. The molecule has 0 saturated carbocycles. The molecule has 0 aromatic carbocycles. The van der Waals surface area contributed by atoms with E-state index in [1.807, 2.05) is 0 Å². The fourth-order valence-corrected chi connectivity index (χ4v) is 1.59. The lowest BCUT2D eigenvalue weighted by Crippen LogP contribution is -2.24. The van der Waals surface area contributed by atoms with Crippen LogP contribution in [0.15, 0.2) is 12.4 Å². The highest BCUT2D eigenvalue weighted by atomic mass is 16.2. The molecule has 0 spiro atoms. The largest absolute Gasteiger partial charge is 0.308 e. The molecule has 0 N–H and O–H groups in total. The number of terminal acetylenes is 1. The van der Waals surface area contributed by atoms with Crippen LogP contribution in [0, 0.1) is 25.2 Å². The number of nitrogens with zero attached hydrogens (tertiary/aromatic N) is 3. The molecule has 76 valence electrons.